The summed E-state index contributed by atoms with van der Waals surface area (Å²) in [7, 11) is 2.18. The number of nitrogens with one attached hydrogen (secondary N) is 3. The summed E-state index contributed by atoms with van der Waals surface area (Å²) in [6.45, 7) is 4.23. The molecule has 41 heavy (non-hydrogen) atoms. The average molecular weight is 541 g/mol. The maximum atomic E-state index is 9.59. The van der Waals surface area contributed by atoms with Gasteiger partial charge in [0.1, 0.15) is 23.2 Å². The third-order valence-electron chi connectivity index (χ3n) is 7.99. The number of rotatable bonds is 4. The zero-order valence-corrected chi connectivity index (χ0v) is 22.5. The van der Waals surface area contributed by atoms with Crippen molar-refractivity contribution in [1.82, 2.24) is 34.8 Å². The lowest BCUT2D eigenvalue weighted by atomic mass is 10.2. The number of aromatic hydroxyl groups is 1. The van der Waals surface area contributed by atoms with Gasteiger partial charge in [0.2, 0.25) is 0 Å². The number of phenols is 1. The Balaban J connectivity index is 1.09. The fourth-order valence-corrected chi connectivity index (χ4v) is 5.60. The van der Waals surface area contributed by atoms with Crippen molar-refractivity contribution in [2.24, 2.45) is 0 Å². The van der Waals surface area contributed by atoms with Crippen molar-refractivity contribution < 1.29 is 5.11 Å². The van der Waals surface area contributed by atoms with Gasteiger partial charge in [-0.2, -0.15) is 0 Å². The molecule has 0 radical (unpaired) electrons. The van der Waals surface area contributed by atoms with Gasteiger partial charge in [-0.25, -0.2) is 15.0 Å². The summed E-state index contributed by atoms with van der Waals surface area (Å²) in [6.07, 6.45) is 0. The quantitative estimate of drug-likeness (QED) is 0.225. The molecular formula is C32H28N8O. The number of anilines is 1. The third kappa shape index (κ3) is 4.27. The fraction of sp³-hybridized carbons (Fsp3) is 0.156. The van der Waals surface area contributed by atoms with Crippen molar-refractivity contribution >= 4 is 38.8 Å². The van der Waals surface area contributed by atoms with Crippen molar-refractivity contribution in [3.05, 3.63) is 78.9 Å². The van der Waals surface area contributed by atoms with Crippen LogP contribution in [0.5, 0.6) is 5.75 Å². The Kier molecular flexibility index (Phi) is 5.33. The van der Waals surface area contributed by atoms with Gasteiger partial charge in [0.15, 0.2) is 0 Å². The molecule has 202 valence electrons. The SMILES string of the molecule is CN1CCN(c2ccc3nc(-c4ccc5nc(-c6ccc7nc(-c8ccc(O)cc8)[nH]c7c6)[nH]c5c4)[nH]c3c2)CC1. The summed E-state index contributed by atoms with van der Waals surface area (Å²) in [4.78, 5) is 29.7. The first kappa shape index (κ1) is 23.7. The number of piperazine rings is 1. The molecule has 4 heterocycles. The molecule has 9 heteroatoms. The van der Waals surface area contributed by atoms with Gasteiger partial charge in [-0.05, 0) is 85.9 Å². The van der Waals surface area contributed by atoms with Gasteiger partial charge in [-0.3, -0.25) is 0 Å². The standard InChI is InChI=1S/C32H28N8O/c1-39-12-14-40(15-13-39)22-6-11-26-29(18-22)38-32(35-26)21-5-10-25-28(17-21)37-31(34-25)20-4-9-24-27(16-20)36-30(33-24)19-2-7-23(41)8-3-19/h2-11,16-18,41H,12-15H2,1H3,(H,33,36)(H,34,37)(H,35,38). The third-order valence-corrected chi connectivity index (χ3v) is 7.99. The molecule has 4 aromatic carbocycles. The molecule has 7 aromatic rings. The van der Waals surface area contributed by atoms with Crippen LogP contribution < -0.4 is 4.90 Å². The molecule has 1 fully saturated rings. The van der Waals surface area contributed by atoms with E-state index in [1.165, 1.54) is 5.69 Å². The summed E-state index contributed by atoms with van der Waals surface area (Å²) in [6, 6.07) is 25.8. The Hall–Kier alpha value is -5.15. The van der Waals surface area contributed by atoms with Crippen molar-refractivity contribution in [1.29, 1.82) is 0 Å². The molecule has 0 atom stereocenters. The highest BCUT2D eigenvalue weighted by molar-refractivity contribution is 5.89. The maximum absolute atomic E-state index is 9.59. The minimum atomic E-state index is 0.232. The second-order valence-electron chi connectivity index (χ2n) is 10.8. The lowest BCUT2D eigenvalue weighted by molar-refractivity contribution is 0.313. The molecule has 0 bridgehead atoms. The first-order valence-corrected chi connectivity index (χ1v) is 13.8. The minimum Gasteiger partial charge on any atom is -0.508 e. The minimum absolute atomic E-state index is 0.232. The number of H-pyrrole nitrogens is 3. The van der Waals surface area contributed by atoms with Gasteiger partial charge in [0.05, 0.1) is 33.1 Å². The van der Waals surface area contributed by atoms with E-state index in [4.69, 9.17) is 15.0 Å². The zero-order chi connectivity index (χ0) is 27.5. The molecule has 1 aliphatic rings. The van der Waals surface area contributed by atoms with Crippen LogP contribution in [-0.4, -0.2) is 73.1 Å². The first-order valence-electron chi connectivity index (χ1n) is 13.8. The van der Waals surface area contributed by atoms with E-state index in [-0.39, 0.29) is 5.75 Å². The number of nitrogens with zero attached hydrogens (tertiary/aromatic N) is 5. The molecular weight excluding hydrogens is 512 g/mol. The molecule has 9 nitrogen and oxygen atoms in total. The summed E-state index contributed by atoms with van der Waals surface area (Å²) < 4.78 is 0. The van der Waals surface area contributed by atoms with Crippen molar-refractivity contribution in [2.45, 2.75) is 0 Å². The lowest BCUT2D eigenvalue weighted by Crippen LogP contribution is -2.44. The molecule has 4 N–H and O–H groups in total. The highest BCUT2D eigenvalue weighted by Crippen LogP contribution is 2.30. The maximum Gasteiger partial charge on any atom is 0.138 e. The predicted octanol–water partition coefficient (Wildman–Crippen LogP) is 5.77. The number of imidazole rings is 3. The molecule has 0 unspecified atom stereocenters. The number of fused-ring (bicyclic) bond motifs is 3. The number of aromatic nitrogens is 6. The van der Waals surface area contributed by atoms with E-state index in [9.17, 15) is 5.11 Å². The smallest absolute Gasteiger partial charge is 0.138 e. The molecule has 0 spiro atoms. The van der Waals surface area contributed by atoms with Gasteiger partial charge in [0.25, 0.3) is 0 Å². The van der Waals surface area contributed by atoms with Crippen LogP contribution in [0, 0.1) is 0 Å². The van der Waals surface area contributed by atoms with Crippen molar-refractivity contribution in [2.75, 3.05) is 38.1 Å². The Labute approximate surface area is 235 Å². The van der Waals surface area contributed by atoms with E-state index in [1.807, 2.05) is 30.3 Å². The number of benzene rings is 4. The molecule has 3 aromatic heterocycles. The van der Waals surface area contributed by atoms with E-state index in [0.717, 1.165) is 93.4 Å². The summed E-state index contributed by atoms with van der Waals surface area (Å²) in [5, 5.41) is 9.59. The van der Waals surface area contributed by atoms with Gasteiger partial charge in [0, 0.05) is 48.6 Å². The van der Waals surface area contributed by atoms with E-state index in [2.05, 4.69) is 68.2 Å². The second-order valence-corrected chi connectivity index (χ2v) is 10.8. The van der Waals surface area contributed by atoms with Crippen LogP contribution in [0.25, 0.3) is 67.3 Å². The molecule has 1 saturated heterocycles. The van der Waals surface area contributed by atoms with E-state index < -0.39 is 0 Å². The van der Waals surface area contributed by atoms with Gasteiger partial charge in [-0.15, -0.1) is 0 Å². The predicted molar refractivity (Wildman–Crippen MR) is 163 cm³/mol. The van der Waals surface area contributed by atoms with Crippen LogP contribution in [0.4, 0.5) is 5.69 Å². The molecule has 8 rings (SSSR count). The monoisotopic (exact) mass is 540 g/mol. The molecule has 0 aliphatic carbocycles. The number of hydrogen-bond donors (Lipinski definition) is 4. The Morgan fingerprint density at radius 3 is 1.59 bits per heavy atom. The fourth-order valence-electron chi connectivity index (χ4n) is 5.60. The number of phenolic OH excluding ortho intramolecular Hbond substituents is 1. The Morgan fingerprint density at radius 1 is 0.561 bits per heavy atom. The number of likely N-dealkylation sites (N-methyl/N-ethyl adjacent to an activating group) is 1. The van der Waals surface area contributed by atoms with Crippen LogP contribution in [0.1, 0.15) is 0 Å². The van der Waals surface area contributed by atoms with Crippen molar-refractivity contribution in [3.63, 3.8) is 0 Å². The highest BCUT2D eigenvalue weighted by atomic mass is 16.3. The van der Waals surface area contributed by atoms with Gasteiger partial charge >= 0.3 is 0 Å². The number of aromatic amines is 3. The molecule has 0 saturated carbocycles. The summed E-state index contributed by atoms with van der Waals surface area (Å²) in [5.74, 6) is 2.62. The van der Waals surface area contributed by atoms with Crippen LogP contribution >= 0.6 is 0 Å². The van der Waals surface area contributed by atoms with E-state index in [1.54, 1.807) is 12.1 Å². The van der Waals surface area contributed by atoms with Gasteiger partial charge in [-0.1, -0.05) is 0 Å². The average Bonchev–Trinajstić information content (AvgIpc) is 3.73. The highest BCUT2D eigenvalue weighted by Gasteiger charge is 2.16. The van der Waals surface area contributed by atoms with Gasteiger partial charge < -0.3 is 29.9 Å². The molecule has 0 amide bonds. The number of hydrogen-bond acceptors (Lipinski definition) is 6. The van der Waals surface area contributed by atoms with Crippen molar-refractivity contribution in [3.8, 4) is 39.9 Å². The van der Waals surface area contributed by atoms with E-state index in [0.29, 0.717) is 0 Å². The van der Waals surface area contributed by atoms with Crippen LogP contribution in [0.2, 0.25) is 0 Å². The van der Waals surface area contributed by atoms with Crippen LogP contribution in [-0.2, 0) is 0 Å². The summed E-state index contributed by atoms with van der Waals surface area (Å²) >= 11 is 0. The second kappa shape index (κ2) is 9.21. The Morgan fingerprint density at radius 2 is 1.02 bits per heavy atom. The normalized spacial score (nSPS) is 14.5. The van der Waals surface area contributed by atoms with Crippen LogP contribution in [0.3, 0.4) is 0 Å². The zero-order valence-electron chi connectivity index (χ0n) is 22.5. The Bertz CT molecular complexity index is 2040. The first-order chi connectivity index (χ1) is 20.1. The van der Waals surface area contributed by atoms with E-state index >= 15 is 0 Å². The van der Waals surface area contributed by atoms with Crippen LogP contribution in [0.15, 0.2) is 78.9 Å². The largest absolute Gasteiger partial charge is 0.508 e. The molecule has 1 aliphatic heterocycles. The summed E-state index contributed by atoms with van der Waals surface area (Å²) in [5.41, 5.74) is 9.77. The topological polar surface area (TPSA) is 113 Å². The lowest BCUT2D eigenvalue weighted by Gasteiger charge is -2.34.